The first-order chi connectivity index (χ1) is 7.01. The Kier molecular flexibility index (Phi) is 4.79. The van der Waals surface area contributed by atoms with Gasteiger partial charge in [-0.1, -0.05) is 0 Å². The molecule has 0 fully saturated rings. The molecule has 1 amide bonds. The van der Waals surface area contributed by atoms with E-state index in [9.17, 15) is 18.0 Å². The van der Waals surface area contributed by atoms with Crippen LogP contribution in [0.15, 0.2) is 0 Å². The number of alkyl halides is 3. The molecule has 0 heterocycles. The van der Waals surface area contributed by atoms with Crippen LogP contribution in [0.25, 0.3) is 0 Å². The maximum Gasteiger partial charge on any atom is 0.406 e. The van der Waals surface area contributed by atoms with Crippen LogP contribution in [0.2, 0.25) is 0 Å². The van der Waals surface area contributed by atoms with Gasteiger partial charge in [0, 0.05) is 12.6 Å². The number of hydrogen-bond acceptors (Lipinski definition) is 2. The fourth-order valence-electron chi connectivity index (χ4n) is 1.16. The monoisotopic (exact) mass is 240 g/mol. The van der Waals surface area contributed by atoms with Crippen molar-refractivity contribution in [3.8, 4) is 0 Å². The molecule has 96 valence electrons. The molecule has 0 aliphatic carbocycles. The van der Waals surface area contributed by atoms with Crippen molar-refractivity contribution in [2.24, 2.45) is 11.1 Å². The summed E-state index contributed by atoms with van der Waals surface area (Å²) in [4.78, 5) is 12.7. The molecule has 6 heteroatoms. The van der Waals surface area contributed by atoms with Crippen LogP contribution in [-0.4, -0.2) is 36.1 Å². The van der Waals surface area contributed by atoms with Gasteiger partial charge in [-0.25, -0.2) is 0 Å². The average Bonchev–Trinajstić information content (AvgIpc) is 2.11. The highest BCUT2D eigenvalue weighted by Crippen LogP contribution is 2.23. The molecule has 0 saturated carbocycles. The van der Waals surface area contributed by atoms with E-state index in [2.05, 4.69) is 0 Å². The Morgan fingerprint density at radius 2 is 1.75 bits per heavy atom. The topological polar surface area (TPSA) is 46.3 Å². The predicted molar refractivity (Wildman–Crippen MR) is 55.7 cm³/mol. The molecule has 0 unspecified atom stereocenters. The fourth-order valence-corrected chi connectivity index (χ4v) is 1.16. The van der Waals surface area contributed by atoms with Gasteiger partial charge in [0.25, 0.3) is 0 Å². The SMILES string of the molecule is CC(C)N(CC(F)(F)F)C(=O)C(C)(C)CN. The van der Waals surface area contributed by atoms with Gasteiger partial charge in [-0.15, -0.1) is 0 Å². The van der Waals surface area contributed by atoms with Gasteiger partial charge in [-0.2, -0.15) is 13.2 Å². The Bertz CT molecular complexity index is 249. The van der Waals surface area contributed by atoms with Gasteiger partial charge in [-0.05, 0) is 27.7 Å². The smallest absolute Gasteiger partial charge is 0.331 e. The molecule has 0 saturated heterocycles. The molecule has 0 aromatic carbocycles. The maximum absolute atomic E-state index is 12.3. The van der Waals surface area contributed by atoms with Crippen LogP contribution in [0.3, 0.4) is 0 Å². The normalized spacial score (nSPS) is 13.1. The van der Waals surface area contributed by atoms with Crippen LogP contribution < -0.4 is 5.73 Å². The first-order valence-electron chi connectivity index (χ1n) is 5.09. The van der Waals surface area contributed by atoms with Crippen molar-refractivity contribution >= 4 is 5.91 Å². The second kappa shape index (κ2) is 5.03. The van der Waals surface area contributed by atoms with E-state index in [0.717, 1.165) is 4.90 Å². The Hall–Kier alpha value is -0.780. The molecule has 2 N–H and O–H groups in total. The first-order valence-corrected chi connectivity index (χ1v) is 5.09. The van der Waals surface area contributed by atoms with E-state index in [1.807, 2.05) is 0 Å². The highest BCUT2D eigenvalue weighted by atomic mass is 19.4. The van der Waals surface area contributed by atoms with E-state index in [-0.39, 0.29) is 6.54 Å². The van der Waals surface area contributed by atoms with Gasteiger partial charge in [0.15, 0.2) is 0 Å². The number of nitrogens with zero attached hydrogens (tertiary/aromatic N) is 1. The highest BCUT2D eigenvalue weighted by molar-refractivity contribution is 5.82. The van der Waals surface area contributed by atoms with Crippen LogP contribution in [0.4, 0.5) is 13.2 Å². The minimum absolute atomic E-state index is 0.0207. The van der Waals surface area contributed by atoms with Crippen LogP contribution in [-0.2, 0) is 4.79 Å². The summed E-state index contributed by atoms with van der Waals surface area (Å²) in [7, 11) is 0. The van der Waals surface area contributed by atoms with E-state index in [1.54, 1.807) is 27.7 Å². The maximum atomic E-state index is 12.3. The van der Waals surface area contributed by atoms with Gasteiger partial charge >= 0.3 is 6.18 Å². The third-order valence-corrected chi connectivity index (χ3v) is 2.32. The van der Waals surface area contributed by atoms with Crippen molar-refractivity contribution in [2.75, 3.05) is 13.1 Å². The van der Waals surface area contributed by atoms with E-state index < -0.39 is 30.1 Å². The standard InChI is InChI=1S/C10H19F3N2O/c1-7(2)15(6-10(11,12)13)8(16)9(3,4)5-14/h7H,5-6,14H2,1-4H3. The van der Waals surface area contributed by atoms with E-state index in [0.29, 0.717) is 0 Å². The second-order valence-electron chi connectivity index (χ2n) is 4.73. The molecule has 0 atom stereocenters. The van der Waals surface area contributed by atoms with Gasteiger partial charge in [0.1, 0.15) is 6.54 Å². The molecule has 0 aliphatic heterocycles. The lowest BCUT2D eigenvalue weighted by Gasteiger charge is -2.34. The summed E-state index contributed by atoms with van der Waals surface area (Å²) < 4.78 is 36.9. The molecule has 0 spiro atoms. The molecule has 0 rings (SSSR count). The Labute approximate surface area is 93.8 Å². The lowest BCUT2D eigenvalue weighted by atomic mass is 9.91. The number of nitrogens with two attached hydrogens (primary N) is 1. The van der Waals surface area contributed by atoms with Gasteiger partial charge < -0.3 is 10.6 Å². The molecule has 0 aromatic heterocycles. The summed E-state index contributed by atoms with van der Waals surface area (Å²) in [6, 6.07) is -0.500. The van der Waals surface area contributed by atoms with Crippen molar-refractivity contribution in [2.45, 2.75) is 39.9 Å². The summed E-state index contributed by atoms with van der Waals surface area (Å²) in [5.41, 5.74) is 4.42. The van der Waals surface area contributed by atoms with Gasteiger partial charge in [0.2, 0.25) is 5.91 Å². The summed E-state index contributed by atoms with van der Waals surface area (Å²) in [5.74, 6) is -0.567. The fraction of sp³-hybridized carbons (Fsp3) is 0.900. The average molecular weight is 240 g/mol. The number of amides is 1. The molecular formula is C10H19F3N2O. The number of carbonyl (C=O) groups excluding carboxylic acids is 1. The number of carbonyl (C=O) groups is 1. The van der Waals surface area contributed by atoms with Crippen molar-refractivity contribution in [1.82, 2.24) is 4.90 Å². The highest BCUT2D eigenvalue weighted by Gasteiger charge is 2.39. The third-order valence-electron chi connectivity index (χ3n) is 2.32. The van der Waals surface area contributed by atoms with E-state index in [1.165, 1.54) is 0 Å². The zero-order chi connectivity index (χ0) is 13.1. The Morgan fingerprint density at radius 3 is 2.00 bits per heavy atom. The van der Waals surface area contributed by atoms with Crippen molar-refractivity contribution in [1.29, 1.82) is 0 Å². The van der Waals surface area contributed by atoms with E-state index in [4.69, 9.17) is 5.73 Å². The molecule has 0 radical (unpaired) electrons. The quantitative estimate of drug-likeness (QED) is 0.814. The van der Waals surface area contributed by atoms with Crippen LogP contribution in [0, 0.1) is 5.41 Å². The van der Waals surface area contributed by atoms with E-state index >= 15 is 0 Å². The molecule has 3 nitrogen and oxygen atoms in total. The van der Waals surface area contributed by atoms with Crippen molar-refractivity contribution in [3.05, 3.63) is 0 Å². The minimum Gasteiger partial charge on any atom is -0.331 e. The molecule has 16 heavy (non-hydrogen) atoms. The molecule has 0 bridgehead atoms. The third kappa shape index (κ3) is 4.38. The first kappa shape index (κ1) is 15.2. The predicted octanol–water partition coefficient (Wildman–Crippen LogP) is 1.77. The van der Waals surface area contributed by atoms with Crippen LogP contribution in [0.5, 0.6) is 0 Å². The minimum atomic E-state index is -4.38. The summed E-state index contributed by atoms with van der Waals surface area (Å²) in [5, 5.41) is 0. The summed E-state index contributed by atoms with van der Waals surface area (Å²) >= 11 is 0. The summed E-state index contributed by atoms with van der Waals surface area (Å²) in [6.07, 6.45) is -4.38. The lowest BCUT2D eigenvalue weighted by molar-refractivity contribution is -0.169. The molecular weight excluding hydrogens is 221 g/mol. The van der Waals surface area contributed by atoms with Gasteiger partial charge in [-0.3, -0.25) is 4.79 Å². The van der Waals surface area contributed by atoms with Crippen molar-refractivity contribution < 1.29 is 18.0 Å². The van der Waals surface area contributed by atoms with Crippen molar-refractivity contribution in [3.63, 3.8) is 0 Å². The number of rotatable bonds is 4. The second-order valence-corrected chi connectivity index (χ2v) is 4.73. The number of halogens is 3. The Morgan fingerprint density at radius 1 is 1.31 bits per heavy atom. The zero-order valence-corrected chi connectivity index (χ0v) is 10.1. The zero-order valence-electron chi connectivity index (χ0n) is 10.1. The summed E-state index contributed by atoms with van der Waals surface area (Å²) in [6.45, 7) is 4.98. The molecule has 0 aliphatic rings. The largest absolute Gasteiger partial charge is 0.406 e. The number of hydrogen-bond donors (Lipinski definition) is 1. The Balaban J connectivity index is 4.88. The van der Waals surface area contributed by atoms with Gasteiger partial charge in [0.05, 0.1) is 5.41 Å². The molecule has 0 aromatic rings. The van der Waals surface area contributed by atoms with Crippen LogP contribution >= 0.6 is 0 Å². The lowest BCUT2D eigenvalue weighted by Crippen LogP contribution is -2.50. The van der Waals surface area contributed by atoms with Crippen LogP contribution in [0.1, 0.15) is 27.7 Å².